The fourth-order valence-electron chi connectivity index (χ4n) is 3.37. The van der Waals surface area contributed by atoms with E-state index in [-0.39, 0.29) is 23.4 Å². The summed E-state index contributed by atoms with van der Waals surface area (Å²) in [6.45, 7) is 1.95. The van der Waals surface area contributed by atoms with Gasteiger partial charge < -0.3 is 9.84 Å². The molecule has 2 aliphatic rings. The molecule has 0 aromatic heterocycles. The van der Waals surface area contributed by atoms with E-state index in [9.17, 15) is 14.3 Å². The van der Waals surface area contributed by atoms with Crippen molar-refractivity contribution in [1.29, 1.82) is 0 Å². The molecule has 1 saturated heterocycles. The standard InChI is InChI=1S/C16H20FNO3/c1-21-15-5-2-10(6-14(15)17)7-18-8-12(11-3-4-11)13(9-18)16(19)20/h2,5-6,11-13H,3-4,7-9H2,1H3,(H,19,20)/t12-,13+/m1/s1. The van der Waals surface area contributed by atoms with Gasteiger partial charge in [-0.25, -0.2) is 4.39 Å². The van der Waals surface area contributed by atoms with Crippen LogP contribution in [0.25, 0.3) is 0 Å². The van der Waals surface area contributed by atoms with Crippen LogP contribution >= 0.6 is 0 Å². The fraction of sp³-hybridized carbons (Fsp3) is 0.562. The highest BCUT2D eigenvalue weighted by Crippen LogP contribution is 2.44. The van der Waals surface area contributed by atoms with Crippen LogP contribution in [0.2, 0.25) is 0 Å². The van der Waals surface area contributed by atoms with Crippen molar-refractivity contribution in [2.45, 2.75) is 19.4 Å². The zero-order valence-electron chi connectivity index (χ0n) is 12.1. The van der Waals surface area contributed by atoms with E-state index < -0.39 is 5.97 Å². The van der Waals surface area contributed by atoms with E-state index in [0.717, 1.165) is 24.9 Å². The van der Waals surface area contributed by atoms with Gasteiger partial charge in [-0.05, 0) is 42.4 Å². The minimum absolute atomic E-state index is 0.236. The van der Waals surface area contributed by atoms with Gasteiger partial charge in [-0.1, -0.05) is 6.07 Å². The van der Waals surface area contributed by atoms with Gasteiger partial charge in [0.15, 0.2) is 11.6 Å². The highest BCUT2D eigenvalue weighted by Gasteiger charge is 2.45. The number of rotatable bonds is 5. The number of likely N-dealkylation sites (tertiary alicyclic amines) is 1. The molecule has 4 nitrogen and oxygen atoms in total. The van der Waals surface area contributed by atoms with Crippen LogP contribution in [0.1, 0.15) is 18.4 Å². The van der Waals surface area contributed by atoms with Crippen molar-refractivity contribution in [3.05, 3.63) is 29.6 Å². The van der Waals surface area contributed by atoms with Gasteiger partial charge in [0.2, 0.25) is 0 Å². The molecular weight excluding hydrogens is 273 g/mol. The number of carbonyl (C=O) groups is 1. The van der Waals surface area contributed by atoms with E-state index >= 15 is 0 Å². The summed E-state index contributed by atoms with van der Waals surface area (Å²) >= 11 is 0. The second-order valence-electron chi connectivity index (χ2n) is 6.11. The summed E-state index contributed by atoms with van der Waals surface area (Å²) < 4.78 is 18.6. The number of halogens is 1. The summed E-state index contributed by atoms with van der Waals surface area (Å²) in [4.78, 5) is 13.5. The number of methoxy groups -OCH3 is 1. The Morgan fingerprint density at radius 3 is 2.76 bits per heavy atom. The minimum atomic E-state index is -0.699. The SMILES string of the molecule is COc1ccc(CN2C[C@H](C(=O)O)[C@@H](C3CC3)C2)cc1F. The summed E-state index contributed by atoms with van der Waals surface area (Å²) in [5.74, 6) is -0.285. The molecule has 3 rings (SSSR count). The molecule has 0 bridgehead atoms. The lowest BCUT2D eigenvalue weighted by molar-refractivity contribution is -0.142. The van der Waals surface area contributed by atoms with E-state index in [1.54, 1.807) is 6.07 Å². The van der Waals surface area contributed by atoms with Gasteiger partial charge in [0.25, 0.3) is 0 Å². The maximum atomic E-state index is 13.7. The second kappa shape index (κ2) is 5.64. The third-order valence-corrected chi connectivity index (χ3v) is 4.61. The van der Waals surface area contributed by atoms with Gasteiger partial charge in [0.05, 0.1) is 13.0 Å². The summed E-state index contributed by atoms with van der Waals surface area (Å²) in [6, 6.07) is 4.93. The Labute approximate surface area is 123 Å². The van der Waals surface area contributed by atoms with Gasteiger partial charge in [0, 0.05) is 19.6 Å². The maximum absolute atomic E-state index is 13.7. The molecule has 2 fully saturated rings. The number of carboxylic acids is 1. The van der Waals surface area contributed by atoms with E-state index in [0.29, 0.717) is 19.0 Å². The van der Waals surface area contributed by atoms with E-state index in [1.165, 1.54) is 13.2 Å². The molecule has 0 radical (unpaired) electrons. The largest absolute Gasteiger partial charge is 0.494 e. The number of carboxylic acid groups (broad SMARTS) is 1. The lowest BCUT2D eigenvalue weighted by Crippen LogP contribution is -2.24. The number of nitrogens with zero attached hydrogens (tertiary/aromatic N) is 1. The first-order valence-corrected chi connectivity index (χ1v) is 7.36. The molecule has 0 amide bonds. The van der Waals surface area contributed by atoms with Crippen molar-refractivity contribution in [1.82, 2.24) is 4.90 Å². The van der Waals surface area contributed by atoms with Crippen molar-refractivity contribution in [3.63, 3.8) is 0 Å². The number of benzene rings is 1. The average molecular weight is 293 g/mol. The van der Waals surface area contributed by atoms with Crippen LogP contribution in [0.3, 0.4) is 0 Å². The average Bonchev–Trinajstić information content (AvgIpc) is 3.20. The minimum Gasteiger partial charge on any atom is -0.494 e. The Morgan fingerprint density at radius 2 is 2.19 bits per heavy atom. The quantitative estimate of drug-likeness (QED) is 0.905. The molecule has 21 heavy (non-hydrogen) atoms. The number of aliphatic carboxylic acids is 1. The zero-order valence-corrected chi connectivity index (χ0v) is 12.1. The van der Waals surface area contributed by atoms with Gasteiger partial charge in [-0.15, -0.1) is 0 Å². The fourth-order valence-corrected chi connectivity index (χ4v) is 3.37. The molecule has 1 aromatic rings. The monoisotopic (exact) mass is 293 g/mol. The Hall–Kier alpha value is -1.62. The predicted octanol–water partition coefficient (Wildman–Crippen LogP) is 2.38. The van der Waals surface area contributed by atoms with Crippen molar-refractivity contribution in [2.24, 2.45) is 17.8 Å². The summed E-state index contributed by atoms with van der Waals surface area (Å²) in [5, 5.41) is 9.35. The molecule has 1 N–H and O–H groups in total. The van der Waals surface area contributed by atoms with Crippen LogP contribution in [0.4, 0.5) is 4.39 Å². The summed E-state index contributed by atoms with van der Waals surface area (Å²) in [6.07, 6.45) is 2.30. The zero-order chi connectivity index (χ0) is 15.0. The molecule has 1 aromatic carbocycles. The third kappa shape index (κ3) is 3.02. The van der Waals surface area contributed by atoms with Gasteiger partial charge in [-0.2, -0.15) is 0 Å². The predicted molar refractivity (Wildman–Crippen MR) is 75.6 cm³/mol. The molecule has 1 heterocycles. The number of ether oxygens (including phenoxy) is 1. The first-order chi connectivity index (χ1) is 10.1. The molecule has 0 spiro atoms. The normalized spacial score (nSPS) is 26.0. The van der Waals surface area contributed by atoms with Crippen molar-refractivity contribution >= 4 is 5.97 Å². The van der Waals surface area contributed by atoms with Gasteiger partial charge in [-0.3, -0.25) is 9.69 Å². The van der Waals surface area contributed by atoms with Crippen LogP contribution in [-0.2, 0) is 11.3 Å². The van der Waals surface area contributed by atoms with Gasteiger partial charge in [0.1, 0.15) is 0 Å². The maximum Gasteiger partial charge on any atom is 0.308 e. The molecule has 0 unspecified atom stereocenters. The highest BCUT2D eigenvalue weighted by molar-refractivity contribution is 5.71. The van der Waals surface area contributed by atoms with Crippen molar-refractivity contribution in [2.75, 3.05) is 20.2 Å². The Balaban J connectivity index is 1.68. The second-order valence-corrected chi connectivity index (χ2v) is 6.11. The van der Waals surface area contributed by atoms with Crippen LogP contribution < -0.4 is 4.74 Å². The first kappa shape index (κ1) is 14.3. The topological polar surface area (TPSA) is 49.8 Å². The highest BCUT2D eigenvalue weighted by atomic mass is 19.1. The van der Waals surface area contributed by atoms with Crippen LogP contribution in [-0.4, -0.2) is 36.2 Å². The molecular formula is C16H20FNO3. The molecule has 5 heteroatoms. The molecule has 114 valence electrons. The number of hydrogen-bond acceptors (Lipinski definition) is 3. The first-order valence-electron chi connectivity index (χ1n) is 7.36. The van der Waals surface area contributed by atoms with Crippen molar-refractivity contribution in [3.8, 4) is 5.75 Å². The third-order valence-electron chi connectivity index (χ3n) is 4.61. The lowest BCUT2D eigenvalue weighted by Gasteiger charge is -2.16. The smallest absolute Gasteiger partial charge is 0.308 e. The van der Waals surface area contributed by atoms with Crippen molar-refractivity contribution < 1.29 is 19.0 Å². The van der Waals surface area contributed by atoms with E-state index in [1.807, 2.05) is 6.07 Å². The Bertz CT molecular complexity index is 544. The summed E-state index contributed by atoms with van der Waals surface area (Å²) in [7, 11) is 1.44. The molecule has 1 saturated carbocycles. The molecule has 2 atom stereocenters. The Kier molecular flexibility index (Phi) is 3.85. The molecule has 1 aliphatic carbocycles. The van der Waals surface area contributed by atoms with E-state index in [2.05, 4.69) is 4.90 Å². The number of hydrogen-bond donors (Lipinski definition) is 1. The van der Waals surface area contributed by atoms with Crippen LogP contribution in [0, 0.1) is 23.6 Å². The van der Waals surface area contributed by atoms with Crippen LogP contribution in [0.5, 0.6) is 5.75 Å². The lowest BCUT2D eigenvalue weighted by atomic mass is 9.92. The molecule has 1 aliphatic heterocycles. The van der Waals surface area contributed by atoms with Gasteiger partial charge >= 0.3 is 5.97 Å². The van der Waals surface area contributed by atoms with Crippen LogP contribution in [0.15, 0.2) is 18.2 Å². The van der Waals surface area contributed by atoms with E-state index in [4.69, 9.17) is 4.74 Å². The Morgan fingerprint density at radius 1 is 1.43 bits per heavy atom. The summed E-state index contributed by atoms with van der Waals surface area (Å²) in [5.41, 5.74) is 0.855.